The van der Waals surface area contributed by atoms with Gasteiger partial charge in [-0.2, -0.15) is 10.1 Å². The highest BCUT2D eigenvalue weighted by Crippen LogP contribution is 2.39. The van der Waals surface area contributed by atoms with E-state index in [2.05, 4.69) is 22.4 Å². The molecular formula is C28H25ClN4O3S. The predicted octanol–water partition coefficient (Wildman–Crippen LogP) is 5.83. The summed E-state index contributed by atoms with van der Waals surface area (Å²) in [6.07, 6.45) is 0.645. The number of amides is 2. The first-order valence-electron chi connectivity index (χ1n) is 11.8. The van der Waals surface area contributed by atoms with E-state index >= 15 is 0 Å². The van der Waals surface area contributed by atoms with Crippen LogP contribution in [0, 0.1) is 6.92 Å². The van der Waals surface area contributed by atoms with Crippen molar-refractivity contribution in [1.29, 1.82) is 0 Å². The van der Waals surface area contributed by atoms with Crippen LogP contribution < -0.4 is 10.1 Å². The fourth-order valence-corrected chi connectivity index (χ4v) is 5.50. The second-order valence-electron chi connectivity index (χ2n) is 8.85. The minimum atomic E-state index is -0.619. The van der Waals surface area contributed by atoms with Crippen molar-refractivity contribution in [3.63, 3.8) is 0 Å². The lowest BCUT2D eigenvalue weighted by molar-refractivity contribution is -0.121. The fourth-order valence-electron chi connectivity index (χ4n) is 4.24. The molecule has 5 rings (SSSR count). The van der Waals surface area contributed by atoms with Crippen LogP contribution in [0.5, 0.6) is 5.75 Å². The van der Waals surface area contributed by atoms with E-state index in [1.165, 1.54) is 17.3 Å². The zero-order chi connectivity index (χ0) is 25.9. The molecule has 2 amide bonds. The number of rotatable bonds is 6. The molecule has 0 bridgehead atoms. The van der Waals surface area contributed by atoms with Gasteiger partial charge >= 0.3 is 0 Å². The van der Waals surface area contributed by atoms with Gasteiger partial charge in [0.2, 0.25) is 5.91 Å². The summed E-state index contributed by atoms with van der Waals surface area (Å²) < 4.78 is 5.15. The van der Waals surface area contributed by atoms with Crippen LogP contribution in [0.15, 0.2) is 82.9 Å². The Hall–Kier alpha value is -3.62. The van der Waals surface area contributed by atoms with Crippen LogP contribution >= 0.6 is 23.4 Å². The van der Waals surface area contributed by atoms with Crippen LogP contribution in [0.3, 0.4) is 0 Å². The number of methoxy groups -OCH3 is 1. The smallest absolute Gasteiger partial charge is 0.262 e. The van der Waals surface area contributed by atoms with Crippen LogP contribution in [0.4, 0.5) is 5.69 Å². The Bertz CT molecular complexity index is 1390. The van der Waals surface area contributed by atoms with Gasteiger partial charge in [-0.25, -0.2) is 5.01 Å². The Morgan fingerprint density at radius 2 is 1.89 bits per heavy atom. The van der Waals surface area contributed by atoms with Gasteiger partial charge in [-0.1, -0.05) is 65.3 Å². The van der Waals surface area contributed by atoms with Gasteiger partial charge in [-0.3, -0.25) is 9.59 Å². The molecule has 0 fully saturated rings. The summed E-state index contributed by atoms with van der Waals surface area (Å²) in [4.78, 5) is 29.8. The van der Waals surface area contributed by atoms with Gasteiger partial charge in [0.05, 0.1) is 18.9 Å². The van der Waals surface area contributed by atoms with Gasteiger partial charge in [0.1, 0.15) is 11.0 Å². The van der Waals surface area contributed by atoms with E-state index in [1.807, 2.05) is 43.3 Å². The zero-order valence-electron chi connectivity index (χ0n) is 20.3. The average molecular weight is 533 g/mol. The lowest BCUT2D eigenvalue weighted by atomic mass is 9.98. The molecule has 0 unspecified atom stereocenters. The molecule has 0 radical (unpaired) electrons. The zero-order valence-corrected chi connectivity index (χ0v) is 21.9. The highest BCUT2D eigenvalue weighted by atomic mass is 35.5. The first-order chi connectivity index (χ1) is 17.9. The summed E-state index contributed by atoms with van der Waals surface area (Å²) in [6, 6.07) is 22.7. The topological polar surface area (TPSA) is 83.4 Å². The number of benzene rings is 3. The number of hydrogen-bond donors (Lipinski definition) is 1. The summed E-state index contributed by atoms with van der Waals surface area (Å²) in [6.45, 7) is 2.04. The molecule has 9 heteroatoms. The van der Waals surface area contributed by atoms with E-state index < -0.39 is 5.25 Å². The van der Waals surface area contributed by atoms with E-state index in [-0.39, 0.29) is 24.3 Å². The van der Waals surface area contributed by atoms with Gasteiger partial charge in [-0.05, 0) is 54.4 Å². The number of hydrazone groups is 1. The van der Waals surface area contributed by atoms with Crippen LogP contribution in [0.25, 0.3) is 0 Å². The van der Waals surface area contributed by atoms with E-state index in [4.69, 9.17) is 21.4 Å². The quantitative estimate of drug-likeness (QED) is 0.431. The molecule has 2 aliphatic rings. The number of ether oxygens (including phenoxy) is 1. The van der Waals surface area contributed by atoms with Crippen LogP contribution in [-0.2, 0) is 9.59 Å². The number of carbonyl (C=O) groups is 2. The van der Waals surface area contributed by atoms with Gasteiger partial charge in [-0.15, -0.1) is 0 Å². The highest BCUT2D eigenvalue weighted by molar-refractivity contribution is 8.15. The van der Waals surface area contributed by atoms with Crippen molar-refractivity contribution in [3.8, 4) is 5.75 Å². The molecule has 37 heavy (non-hydrogen) atoms. The molecular weight excluding hydrogens is 508 g/mol. The summed E-state index contributed by atoms with van der Waals surface area (Å²) in [5.41, 5.74) is 4.71. The molecule has 7 nitrogen and oxygen atoms in total. The number of amidine groups is 1. The van der Waals surface area contributed by atoms with E-state index in [9.17, 15) is 9.59 Å². The maximum absolute atomic E-state index is 12.8. The number of thioether (sulfide) groups is 1. The first kappa shape index (κ1) is 25.0. The third-order valence-electron chi connectivity index (χ3n) is 6.20. The van der Waals surface area contributed by atoms with E-state index in [0.717, 1.165) is 16.8 Å². The van der Waals surface area contributed by atoms with Crippen molar-refractivity contribution in [1.82, 2.24) is 5.01 Å². The number of anilines is 1. The lowest BCUT2D eigenvalue weighted by Gasteiger charge is -2.23. The lowest BCUT2D eigenvalue weighted by Crippen LogP contribution is -2.25. The van der Waals surface area contributed by atoms with E-state index in [0.29, 0.717) is 28.0 Å². The molecule has 3 aromatic carbocycles. The summed E-state index contributed by atoms with van der Waals surface area (Å²) >= 11 is 7.56. The minimum Gasteiger partial charge on any atom is -0.497 e. The molecule has 0 aliphatic carbocycles. The Labute approximate surface area is 224 Å². The maximum Gasteiger partial charge on any atom is 0.262 e. The van der Waals surface area contributed by atoms with Crippen molar-refractivity contribution in [2.24, 2.45) is 10.1 Å². The summed E-state index contributed by atoms with van der Waals surface area (Å²) in [7, 11) is 1.58. The molecule has 2 heterocycles. The second kappa shape index (κ2) is 10.8. The van der Waals surface area contributed by atoms with Crippen molar-refractivity contribution >= 4 is 51.7 Å². The molecule has 0 spiro atoms. The van der Waals surface area contributed by atoms with Gasteiger partial charge in [0.15, 0.2) is 5.17 Å². The molecule has 2 atom stereocenters. The third-order valence-corrected chi connectivity index (χ3v) is 7.58. The number of aryl methyl sites for hydroxylation is 1. The molecule has 188 valence electrons. The van der Waals surface area contributed by atoms with Crippen molar-refractivity contribution in [3.05, 3.63) is 94.5 Å². The number of halogens is 1. The van der Waals surface area contributed by atoms with Gasteiger partial charge < -0.3 is 10.1 Å². The van der Waals surface area contributed by atoms with Gasteiger partial charge in [0.25, 0.3) is 5.91 Å². The Morgan fingerprint density at radius 3 is 2.59 bits per heavy atom. The molecule has 1 N–H and O–H groups in total. The van der Waals surface area contributed by atoms with E-state index in [1.54, 1.807) is 36.4 Å². The van der Waals surface area contributed by atoms with Crippen LogP contribution in [-0.4, -0.2) is 40.1 Å². The molecule has 3 aromatic rings. The predicted molar refractivity (Wildman–Crippen MR) is 148 cm³/mol. The number of nitrogens with zero attached hydrogens (tertiary/aromatic N) is 3. The number of nitrogens with one attached hydrogen (secondary N) is 1. The standard InChI is InChI=1S/C28H25ClN4O3S/c1-17-6-8-18(9-7-17)23-15-24(19-4-3-5-20(29)14-19)33(32-23)28-31-27(35)25(37-28)16-26(34)30-21-10-12-22(36-2)13-11-21/h3-14,24-25H,15-16H2,1-2H3,(H,30,34)/t24-,25+/m1/s1. The van der Waals surface area contributed by atoms with Crippen LogP contribution in [0.2, 0.25) is 5.02 Å². The summed E-state index contributed by atoms with van der Waals surface area (Å²) in [5.74, 6) is 0.0980. The Kier molecular flexibility index (Phi) is 7.30. The maximum atomic E-state index is 12.8. The van der Waals surface area contributed by atoms with Gasteiger partial charge in [0, 0.05) is 23.6 Å². The monoisotopic (exact) mass is 532 g/mol. The average Bonchev–Trinajstić information content (AvgIpc) is 3.49. The number of carbonyl (C=O) groups excluding carboxylic acids is 2. The first-order valence-corrected chi connectivity index (χ1v) is 13.1. The molecule has 0 aromatic heterocycles. The Morgan fingerprint density at radius 1 is 1.14 bits per heavy atom. The normalized spacial score (nSPS) is 19.0. The summed E-state index contributed by atoms with van der Waals surface area (Å²) in [5, 5.41) is 10.0. The molecule has 0 saturated heterocycles. The molecule has 0 saturated carbocycles. The minimum absolute atomic E-state index is 0.00668. The number of hydrogen-bond acceptors (Lipinski definition) is 6. The second-order valence-corrected chi connectivity index (χ2v) is 10.5. The Balaban J connectivity index is 1.33. The third kappa shape index (κ3) is 5.70. The molecule has 2 aliphatic heterocycles. The van der Waals surface area contributed by atoms with Crippen LogP contribution in [0.1, 0.15) is 35.6 Å². The SMILES string of the molecule is COc1ccc(NC(=O)C[C@@H]2SC(N3N=C(c4ccc(C)cc4)C[C@@H]3c3cccc(Cl)c3)=NC2=O)cc1. The van der Waals surface area contributed by atoms with Crippen molar-refractivity contribution in [2.75, 3.05) is 12.4 Å². The van der Waals surface area contributed by atoms with Crippen molar-refractivity contribution in [2.45, 2.75) is 31.1 Å². The number of aliphatic imine (C=N–C) groups is 1. The highest BCUT2D eigenvalue weighted by Gasteiger charge is 2.39. The fraction of sp³-hybridized carbons (Fsp3) is 0.214. The van der Waals surface area contributed by atoms with Crippen molar-refractivity contribution < 1.29 is 14.3 Å². The largest absolute Gasteiger partial charge is 0.497 e.